The van der Waals surface area contributed by atoms with Crippen LogP contribution in [0.25, 0.3) is 41.7 Å². The van der Waals surface area contributed by atoms with Crippen molar-refractivity contribution in [3.8, 4) is 19.5 Å². The van der Waals surface area contributed by atoms with Crippen molar-refractivity contribution in [1.29, 1.82) is 0 Å². The molecule has 7 rings (SSSR count). The van der Waals surface area contributed by atoms with Crippen molar-refractivity contribution in [2.75, 3.05) is 13.1 Å². The summed E-state index contributed by atoms with van der Waals surface area (Å²) < 4.78 is 0. The lowest BCUT2D eigenvalue weighted by Crippen LogP contribution is -2.31. The summed E-state index contributed by atoms with van der Waals surface area (Å²) >= 11 is 5.80. The van der Waals surface area contributed by atoms with Crippen molar-refractivity contribution in [2.45, 2.75) is 376 Å². The predicted octanol–water partition coefficient (Wildman–Crippen LogP) is 28.2. The van der Waals surface area contributed by atoms with Crippen LogP contribution in [0, 0.1) is 18.8 Å². The Morgan fingerprint density at radius 1 is 0.326 bits per heavy atom. The zero-order valence-corrected chi connectivity index (χ0v) is 64.7. The van der Waals surface area contributed by atoms with Gasteiger partial charge in [0.15, 0.2) is 0 Å². The van der Waals surface area contributed by atoms with E-state index in [1.807, 2.05) is 34.0 Å². The van der Waals surface area contributed by atoms with Gasteiger partial charge in [-0.2, -0.15) is 0 Å². The van der Waals surface area contributed by atoms with Gasteiger partial charge in [0.05, 0.1) is 10.6 Å². The Labute approximate surface area is 595 Å². The molecule has 2 aliphatic rings. The first-order valence-electron chi connectivity index (χ1n) is 41.0. The number of carbonyl (C=O) groups excluding carboxylic acids is 2. The normalized spacial score (nSPS) is 13.8. The molecule has 0 spiro atoms. The molecule has 2 aliphatic heterocycles. The van der Waals surface area contributed by atoms with Crippen LogP contribution in [0.5, 0.6) is 0 Å². The molecule has 2 aromatic carbocycles. The van der Waals surface area contributed by atoms with E-state index in [0.717, 1.165) is 63.2 Å². The fourth-order valence-electron chi connectivity index (χ4n) is 15.7. The molecule has 0 radical (unpaired) electrons. The first kappa shape index (κ1) is 78.8. The van der Waals surface area contributed by atoms with E-state index in [1.165, 1.54) is 356 Å². The minimum atomic E-state index is 0.161. The second-order valence-corrected chi connectivity index (χ2v) is 33.5. The van der Waals surface area contributed by atoms with Gasteiger partial charge in [-0.25, -0.2) is 0 Å². The lowest BCUT2D eigenvalue weighted by atomic mass is 9.93. The van der Waals surface area contributed by atoms with Gasteiger partial charge in [0.1, 0.15) is 0 Å². The highest BCUT2D eigenvalue weighted by Crippen LogP contribution is 2.45. The summed E-state index contributed by atoms with van der Waals surface area (Å²) in [5.41, 5.74) is 5.35. The average Bonchev–Trinajstić information content (AvgIpc) is 1.59. The van der Waals surface area contributed by atoms with Crippen molar-refractivity contribution in [3.05, 3.63) is 91.5 Å². The largest absolute Gasteiger partial charge is 0.312 e. The number of nitrogens with zero attached hydrogens (tertiary/aromatic N) is 2. The fourth-order valence-corrected chi connectivity index (χ4v) is 19.1. The number of hydrogen-bond donors (Lipinski definition) is 0. The third-order valence-electron chi connectivity index (χ3n) is 21.8. The van der Waals surface area contributed by atoms with Crippen molar-refractivity contribution in [1.82, 2.24) is 9.80 Å². The maximum atomic E-state index is 15.7. The van der Waals surface area contributed by atoms with Crippen LogP contribution >= 0.6 is 34.0 Å². The summed E-state index contributed by atoms with van der Waals surface area (Å²) in [6, 6.07) is 20.9. The van der Waals surface area contributed by atoms with E-state index >= 15 is 4.79 Å². The quantitative estimate of drug-likeness (QED) is 0.0364. The maximum Gasteiger partial charge on any atom is 0.259 e. The standard InChI is InChI=1S/C88H138N2O2S3/c1-8-13-18-23-28-31-34-36-38-41-46-51-55-72(54-49-44-26-21-16-11-4)68-89-71(7)77-63-75-66-80-78(64-76(75)65-79(77)87(89)91)85(90(88(80)92)69-73(56-50-45-27-22-17-12-5)57-52-47-42-39-37-35-32-29-24-19-14-9-2)82-62-61-81(94-82)84-67-74(86(95-84)83-60-59-70(6)93-83)58-53-48-43-40-33-30-25-20-15-10-3/h59-67,72-73H,8-58,68-69H2,1-7H3. The summed E-state index contributed by atoms with van der Waals surface area (Å²) in [4.78, 5) is 43.1. The lowest BCUT2D eigenvalue weighted by Gasteiger charge is -2.26. The average molecular weight is 1350 g/mol. The predicted molar refractivity (Wildman–Crippen MR) is 422 cm³/mol. The first-order chi connectivity index (χ1) is 46.7. The molecule has 0 saturated heterocycles. The summed E-state index contributed by atoms with van der Waals surface area (Å²) in [6.07, 6.45) is 67.7. The van der Waals surface area contributed by atoms with Crippen molar-refractivity contribution in [2.24, 2.45) is 11.8 Å². The van der Waals surface area contributed by atoms with Gasteiger partial charge in [0.25, 0.3) is 11.8 Å². The summed E-state index contributed by atoms with van der Waals surface area (Å²) in [7, 11) is 0. The molecule has 4 nitrogen and oxygen atoms in total. The zero-order valence-electron chi connectivity index (χ0n) is 62.3. The number of rotatable bonds is 58. The second kappa shape index (κ2) is 46.8. The summed E-state index contributed by atoms with van der Waals surface area (Å²) in [5, 5.41) is 4.25. The molecule has 530 valence electrons. The molecule has 3 aromatic heterocycles. The van der Waals surface area contributed by atoms with E-state index in [2.05, 4.69) is 113 Å². The third kappa shape index (κ3) is 26.8. The Morgan fingerprint density at radius 2 is 0.674 bits per heavy atom. The van der Waals surface area contributed by atoms with Crippen molar-refractivity contribution in [3.63, 3.8) is 0 Å². The molecule has 0 saturated carbocycles. The van der Waals surface area contributed by atoms with Crippen LogP contribution in [0.2, 0.25) is 0 Å². The molecule has 5 heterocycles. The number of benzene rings is 2. The molecule has 0 aliphatic carbocycles. The number of thiophene rings is 3. The van der Waals surface area contributed by atoms with Gasteiger partial charge >= 0.3 is 0 Å². The molecular formula is C88H138N2O2S3. The Hall–Kier alpha value is -3.52. The van der Waals surface area contributed by atoms with Gasteiger partial charge in [0, 0.05) is 64.7 Å². The fraction of sp³-hybridized carbons (Fsp3) is 0.705. The zero-order chi connectivity index (χ0) is 67.1. The van der Waals surface area contributed by atoms with Crippen LogP contribution in [-0.4, -0.2) is 34.7 Å². The number of aryl methyl sites for hydroxylation is 2. The van der Waals surface area contributed by atoms with E-state index in [-0.39, 0.29) is 11.8 Å². The van der Waals surface area contributed by atoms with Crippen LogP contribution in [0.3, 0.4) is 0 Å². The van der Waals surface area contributed by atoms with E-state index in [4.69, 9.17) is 0 Å². The van der Waals surface area contributed by atoms with Gasteiger partial charge in [-0.15, -0.1) is 34.0 Å². The SMILES string of the molecule is CCCCCCCCCCCCCCC(CCCCCCCC)CN1C(=O)c2cc3cc4c(cc3cc2=C1C)C(=O)N(CC(CCCCCCCC)CCCCCCCCCCCCCC)C=4c1ccc(-c2cc(CCCCCCCCCCCC)c(-c3ccc(C)s3)s2)s1. The Balaban J connectivity index is 1.14. The van der Waals surface area contributed by atoms with Crippen molar-refractivity contribution >= 4 is 68.0 Å². The molecule has 7 heteroatoms. The van der Waals surface area contributed by atoms with Crippen LogP contribution in [-0.2, 0) is 6.42 Å². The smallest absolute Gasteiger partial charge is 0.259 e. The number of carbonyl (C=O) groups is 2. The second-order valence-electron chi connectivity index (χ2n) is 30.1. The highest BCUT2D eigenvalue weighted by molar-refractivity contribution is 7.26. The van der Waals surface area contributed by atoms with Gasteiger partial charge in [-0.05, 0) is 135 Å². The van der Waals surface area contributed by atoms with Gasteiger partial charge in [-0.1, -0.05) is 324 Å². The van der Waals surface area contributed by atoms with Crippen LogP contribution < -0.4 is 10.4 Å². The molecular weight excluding hydrogens is 1210 g/mol. The molecule has 95 heavy (non-hydrogen) atoms. The molecule has 0 bridgehead atoms. The summed E-state index contributed by atoms with van der Waals surface area (Å²) in [6.45, 7) is 17.6. The highest BCUT2D eigenvalue weighted by Gasteiger charge is 2.35. The van der Waals surface area contributed by atoms with Crippen LogP contribution in [0.1, 0.15) is 399 Å². The van der Waals surface area contributed by atoms with Gasteiger partial charge in [0.2, 0.25) is 0 Å². The van der Waals surface area contributed by atoms with Crippen LogP contribution in [0.15, 0.2) is 54.6 Å². The van der Waals surface area contributed by atoms with E-state index < -0.39 is 0 Å². The van der Waals surface area contributed by atoms with E-state index in [0.29, 0.717) is 11.8 Å². The number of hydrogen-bond acceptors (Lipinski definition) is 5. The minimum absolute atomic E-state index is 0.161. The minimum Gasteiger partial charge on any atom is -0.312 e. The molecule has 0 fully saturated rings. The lowest BCUT2D eigenvalue weighted by molar-refractivity contribution is 0.0814. The van der Waals surface area contributed by atoms with E-state index in [9.17, 15) is 4.79 Å². The monoisotopic (exact) mass is 1350 g/mol. The maximum absolute atomic E-state index is 15.7. The highest BCUT2D eigenvalue weighted by atomic mass is 32.1. The van der Waals surface area contributed by atoms with Gasteiger partial charge < -0.3 is 9.80 Å². The van der Waals surface area contributed by atoms with Crippen molar-refractivity contribution < 1.29 is 9.59 Å². The third-order valence-corrected chi connectivity index (χ3v) is 25.4. The number of unbranched alkanes of at least 4 members (excludes halogenated alkanes) is 41. The molecule has 2 amide bonds. The Bertz CT molecular complexity index is 3050. The Morgan fingerprint density at radius 3 is 1.08 bits per heavy atom. The number of fused-ring (bicyclic) bond motifs is 3. The molecule has 5 aromatic rings. The topological polar surface area (TPSA) is 40.6 Å². The molecule has 0 N–H and O–H groups in total. The summed E-state index contributed by atoms with van der Waals surface area (Å²) in [5.74, 6) is 1.29. The molecule has 2 unspecified atom stereocenters. The van der Waals surface area contributed by atoms with E-state index in [1.54, 1.807) is 0 Å². The van der Waals surface area contributed by atoms with Crippen LogP contribution in [0.4, 0.5) is 0 Å². The Kier molecular flexibility index (Phi) is 38.8. The molecule has 2 atom stereocenters. The number of amides is 2. The van der Waals surface area contributed by atoms with Gasteiger partial charge in [-0.3, -0.25) is 9.59 Å². The first-order valence-corrected chi connectivity index (χ1v) is 43.4.